The van der Waals surface area contributed by atoms with E-state index in [1.807, 2.05) is 6.92 Å². The van der Waals surface area contributed by atoms with Gasteiger partial charge >= 0.3 is 0 Å². The van der Waals surface area contributed by atoms with E-state index >= 15 is 0 Å². The van der Waals surface area contributed by atoms with E-state index in [2.05, 4.69) is 0 Å². The van der Waals surface area contributed by atoms with Gasteiger partial charge in [-0.15, -0.1) is 0 Å². The molecule has 1 fully saturated rings. The van der Waals surface area contributed by atoms with Crippen molar-refractivity contribution in [3.8, 4) is 0 Å². The van der Waals surface area contributed by atoms with Gasteiger partial charge in [0.2, 0.25) is 0 Å². The van der Waals surface area contributed by atoms with Crippen molar-refractivity contribution in [3.05, 3.63) is 34.6 Å². The fourth-order valence-electron chi connectivity index (χ4n) is 2.66. The van der Waals surface area contributed by atoms with Crippen LogP contribution in [-0.2, 0) is 11.2 Å². The molecule has 0 amide bonds. The Bertz CT molecular complexity index is 450. The van der Waals surface area contributed by atoms with Crippen LogP contribution in [0.2, 0.25) is 5.02 Å². The lowest BCUT2D eigenvalue weighted by Crippen LogP contribution is -2.31. The average Bonchev–Trinajstić information content (AvgIpc) is 2.33. The third-order valence-corrected chi connectivity index (χ3v) is 4.35. The van der Waals surface area contributed by atoms with Gasteiger partial charge in [0, 0.05) is 16.9 Å². The van der Waals surface area contributed by atoms with Crippen molar-refractivity contribution in [1.29, 1.82) is 0 Å². The summed E-state index contributed by atoms with van der Waals surface area (Å²) >= 11 is 5.97. The molecule has 0 radical (unpaired) electrons. The number of hydrogen-bond acceptors (Lipinski definition) is 1. The zero-order valence-electron chi connectivity index (χ0n) is 10.6. The number of carbonyl (C=O) groups excluding carboxylic acids is 1. The first-order valence-electron chi connectivity index (χ1n) is 6.48. The van der Waals surface area contributed by atoms with Gasteiger partial charge in [0.1, 0.15) is 11.6 Å². The summed E-state index contributed by atoms with van der Waals surface area (Å²) in [6, 6.07) is 4.24. The van der Waals surface area contributed by atoms with Crippen molar-refractivity contribution in [2.45, 2.75) is 45.4 Å². The van der Waals surface area contributed by atoms with Gasteiger partial charge in [-0.3, -0.25) is 4.79 Å². The third-order valence-electron chi connectivity index (χ3n) is 4.00. The van der Waals surface area contributed by atoms with E-state index in [1.165, 1.54) is 18.6 Å². The Labute approximate surface area is 112 Å². The summed E-state index contributed by atoms with van der Waals surface area (Å²) < 4.78 is 12.9. The molecule has 0 aliphatic heterocycles. The molecule has 2 rings (SSSR count). The van der Waals surface area contributed by atoms with Crippen molar-refractivity contribution in [2.24, 2.45) is 5.41 Å². The predicted octanol–water partition coefficient (Wildman–Crippen LogP) is 4.56. The quantitative estimate of drug-likeness (QED) is 0.785. The normalized spacial score (nSPS) is 18.6. The Kier molecular flexibility index (Phi) is 4.06. The van der Waals surface area contributed by atoms with Crippen molar-refractivity contribution < 1.29 is 9.18 Å². The molecule has 1 aromatic rings. The molecular formula is C15H18ClFO. The van der Waals surface area contributed by atoms with Gasteiger partial charge in [0.25, 0.3) is 0 Å². The molecule has 3 heteroatoms. The van der Waals surface area contributed by atoms with E-state index in [4.69, 9.17) is 11.6 Å². The molecule has 0 unspecified atom stereocenters. The Morgan fingerprint density at radius 2 is 2.00 bits per heavy atom. The van der Waals surface area contributed by atoms with Crippen LogP contribution in [0.25, 0.3) is 0 Å². The van der Waals surface area contributed by atoms with Crippen LogP contribution in [0.4, 0.5) is 4.39 Å². The molecule has 18 heavy (non-hydrogen) atoms. The molecule has 1 aliphatic carbocycles. The number of carbonyl (C=O) groups is 1. The standard InChI is InChI=1S/C15H18ClFO/c1-15(7-3-2-4-8-15)14(18)9-11-5-6-12(17)10-13(11)16/h5-6,10H,2-4,7-9H2,1H3. The summed E-state index contributed by atoms with van der Waals surface area (Å²) in [5, 5.41) is 0.350. The van der Waals surface area contributed by atoms with Gasteiger partial charge in [-0.1, -0.05) is 43.9 Å². The van der Waals surface area contributed by atoms with E-state index in [9.17, 15) is 9.18 Å². The molecular weight excluding hydrogens is 251 g/mol. The van der Waals surface area contributed by atoms with Crippen LogP contribution < -0.4 is 0 Å². The van der Waals surface area contributed by atoms with Crippen LogP contribution in [0.3, 0.4) is 0 Å². The van der Waals surface area contributed by atoms with Crippen LogP contribution in [-0.4, -0.2) is 5.78 Å². The SMILES string of the molecule is CC1(C(=O)Cc2ccc(F)cc2Cl)CCCCC1. The zero-order valence-corrected chi connectivity index (χ0v) is 11.4. The number of ketones is 1. The Morgan fingerprint density at radius 3 is 2.61 bits per heavy atom. The topological polar surface area (TPSA) is 17.1 Å². The summed E-state index contributed by atoms with van der Waals surface area (Å²) in [7, 11) is 0. The van der Waals surface area contributed by atoms with E-state index in [1.54, 1.807) is 6.07 Å². The lowest BCUT2D eigenvalue weighted by molar-refractivity contribution is -0.128. The highest BCUT2D eigenvalue weighted by Crippen LogP contribution is 2.37. The second kappa shape index (κ2) is 5.40. The van der Waals surface area contributed by atoms with Gasteiger partial charge in [0.05, 0.1) is 0 Å². The van der Waals surface area contributed by atoms with E-state index < -0.39 is 0 Å². The van der Waals surface area contributed by atoms with Crippen LogP contribution >= 0.6 is 11.6 Å². The van der Waals surface area contributed by atoms with Crippen LogP contribution in [0.1, 0.15) is 44.6 Å². The first-order valence-corrected chi connectivity index (χ1v) is 6.86. The van der Waals surface area contributed by atoms with Gasteiger partial charge < -0.3 is 0 Å². The van der Waals surface area contributed by atoms with E-state index in [-0.39, 0.29) is 17.0 Å². The molecule has 0 aromatic heterocycles. The molecule has 1 aromatic carbocycles. The van der Waals surface area contributed by atoms with E-state index in [0.717, 1.165) is 31.2 Å². The summed E-state index contributed by atoms with van der Waals surface area (Å²) in [6.07, 6.45) is 5.71. The van der Waals surface area contributed by atoms with E-state index in [0.29, 0.717) is 11.4 Å². The molecule has 0 bridgehead atoms. The first-order chi connectivity index (χ1) is 8.51. The maximum atomic E-state index is 12.9. The minimum Gasteiger partial charge on any atom is -0.299 e. The summed E-state index contributed by atoms with van der Waals surface area (Å²) in [5.74, 6) is -0.129. The Balaban J connectivity index is 2.11. The highest BCUT2D eigenvalue weighted by Gasteiger charge is 2.34. The van der Waals surface area contributed by atoms with Crippen LogP contribution in [0.5, 0.6) is 0 Å². The largest absolute Gasteiger partial charge is 0.299 e. The maximum absolute atomic E-state index is 12.9. The van der Waals surface area contributed by atoms with Crippen molar-refractivity contribution in [2.75, 3.05) is 0 Å². The van der Waals surface area contributed by atoms with Crippen molar-refractivity contribution >= 4 is 17.4 Å². The lowest BCUT2D eigenvalue weighted by Gasteiger charge is -2.32. The molecule has 1 aliphatic rings. The monoisotopic (exact) mass is 268 g/mol. The number of hydrogen-bond donors (Lipinski definition) is 0. The number of halogens is 2. The Morgan fingerprint density at radius 1 is 1.33 bits per heavy atom. The number of rotatable bonds is 3. The van der Waals surface area contributed by atoms with Crippen LogP contribution in [0, 0.1) is 11.2 Å². The third kappa shape index (κ3) is 2.92. The van der Waals surface area contributed by atoms with Crippen LogP contribution in [0.15, 0.2) is 18.2 Å². The minimum absolute atomic E-state index is 0.212. The van der Waals surface area contributed by atoms with Gasteiger partial charge in [0.15, 0.2) is 0 Å². The van der Waals surface area contributed by atoms with Gasteiger partial charge in [-0.25, -0.2) is 4.39 Å². The highest BCUT2D eigenvalue weighted by molar-refractivity contribution is 6.31. The summed E-state index contributed by atoms with van der Waals surface area (Å²) in [4.78, 5) is 12.4. The first kappa shape index (κ1) is 13.5. The molecule has 0 N–H and O–H groups in total. The average molecular weight is 269 g/mol. The molecule has 1 saturated carbocycles. The fourth-order valence-corrected chi connectivity index (χ4v) is 2.90. The molecule has 0 atom stereocenters. The molecule has 0 heterocycles. The molecule has 0 spiro atoms. The van der Waals surface area contributed by atoms with Gasteiger partial charge in [-0.05, 0) is 30.5 Å². The highest BCUT2D eigenvalue weighted by atomic mass is 35.5. The number of Topliss-reactive ketones (excluding diaryl/α,β-unsaturated/α-hetero) is 1. The predicted molar refractivity (Wildman–Crippen MR) is 71.3 cm³/mol. The second-order valence-corrected chi connectivity index (χ2v) is 5.86. The van der Waals surface area contributed by atoms with Gasteiger partial charge in [-0.2, -0.15) is 0 Å². The smallest absolute Gasteiger partial charge is 0.143 e. The number of benzene rings is 1. The Hall–Kier alpha value is -0.890. The maximum Gasteiger partial charge on any atom is 0.143 e. The molecule has 98 valence electrons. The lowest BCUT2D eigenvalue weighted by atomic mass is 9.71. The summed E-state index contributed by atoms with van der Waals surface area (Å²) in [6.45, 7) is 2.05. The van der Waals surface area contributed by atoms with Crippen molar-refractivity contribution in [3.63, 3.8) is 0 Å². The fraction of sp³-hybridized carbons (Fsp3) is 0.533. The molecule has 1 nitrogen and oxygen atoms in total. The second-order valence-electron chi connectivity index (χ2n) is 5.46. The summed E-state index contributed by atoms with van der Waals surface area (Å²) in [5.41, 5.74) is 0.519. The zero-order chi connectivity index (χ0) is 13.2. The van der Waals surface area contributed by atoms with Crippen molar-refractivity contribution in [1.82, 2.24) is 0 Å². The minimum atomic E-state index is -0.361. The molecule has 0 saturated heterocycles.